The zero-order valence-electron chi connectivity index (χ0n) is 17.7. The molecule has 1 aliphatic rings. The van der Waals surface area contributed by atoms with E-state index in [2.05, 4.69) is 26.3 Å². The summed E-state index contributed by atoms with van der Waals surface area (Å²) in [5.74, 6) is 0. The topological polar surface area (TPSA) is 69.0 Å². The molecule has 0 saturated carbocycles. The average Bonchev–Trinajstić information content (AvgIpc) is 2.68. The standard InChI is InChI=1S/C22H26Cl2N4O2/c1-14-8-9-16-6-5-7-19(21(16)26-14)28-30-13-22(3,4)12-29-27-15(2)20-18(24)10-17(23)11-25-20/h8-11H,5-7,12-13H2,1-4H3/b27-15+,28-19+. The van der Waals surface area contributed by atoms with Crippen LogP contribution in [0.2, 0.25) is 10.0 Å². The van der Waals surface area contributed by atoms with E-state index in [1.54, 1.807) is 13.0 Å². The summed E-state index contributed by atoms with van der Waals surface area (Å²) in [7, 11) is 0. The van der Waals surface area contributed by atoms with Crippen molar-refractivity contribution in [3.63, 3.8) is 0 Å². The van der Waals surface area contributed by atoms with Gasteiger partial charge in [0.2, 0.25) is 0 Å². The fourth-order valence-corrected chi connectivity index (χ4v) is 3.56. The molecule has 0 aliphatic heterocycles. The second kappa shape index (κ2) is 9.75. The van der Waals surface area contributed by atoms with E-state index in [4.69, 9.17) is 32.9 Å². The Kier molecular flexibility index (Phi) is 7.32. The summed E-state index contributed by atoms with van der Waals surface area (Å²) in [6, 6.07) is 5.80. The number of aromatic nitrogens is 2. The third-order valence-electron chi connectivity index (χ3n) is 4.69. The third-order valence-corrected chi connectivity index (χ3v) is 5.18. The van der Waals surface area contributed by atoms with Crippen molar-refractivity contribution < 1.29 is 9.68 Å². The Balaban J connectivity index is 1.56. The highest BCUT2D eigenvalue weighted by Gasteiger charge is 2.22. The molecule has 2 heterocycles. The van der Waals surface area contributed by atoms with Crippen LogP contribution in [0.15, 0.2) is 34.7 Å². The maximum absolute atomic E-state index is 6.16. The van der Waals surface area contributed by atoms with E-state index < -0.39 is 0 Å². The Bertz CT molecular complexity index is 974. The minimum atomic E-state index is -0.289. The first kappa shape index (κ1) is 22.5. The van der Waals surface area contributed by atoms with Gasteiger partial charge in [-0.3, -0.25) is 9.97 Å². The molecule has 30 heavy (non-hydrogen) atoms. The molecule has 160 valence electrons. The van der Waals surface area contributed by atoms with Crippen LogP contribution in [0.5, 0.6) is 0 Å². The Hall–Kier alpha value is -2.18. The van der Waals surface area contributed by atoms with Crippen molar-refractivity contribution in [2.24, 2.45) is 15.7 Å². The van der Waals surface area contributed by atoms with Gasteiger partial charge in [-0.1, -0.05) is 53.4 Å². The lowest BCUT2D eigenvalue weighted by Crippen LogP contribution is -2.24. The van der Waals surface area contributed by atoms with Crippen LogP contribution in [-0.2, 0) is 16.1 Å². The predicted octanol–water partition coefficient (Wildman–Crippen LogP) is 5.62. The van der Waals surface area contributed by atoms with Crippen LogP contribution in [0.3, 0.4) is 0 Å². The molecule has 2 aromatic rings. The van der Waals surface area contributed by atoms with Crippen LogP contribution in [0.4, 0.5) is 0 Å². The van der Waals surface area contributed by atoms with E-state index in [1.165, 1.54) is 11.8 Å². The molecule has 0 atom stereocenters. The highest BCUT2D eigenvalue weighted by molar-refractivity contribution is 6.36. The quantitative estimate of drug-likeness (QED) is 0.407. The van der Waals surface area contributed by atoms with Crippen molar-refractivity contribution in [3.05, 3.63) is 57.1 Å². The minimum Gasteiger partial charge on any atom is -0.395 e. The fourth-order valence-electron chi connectivity index (χ4n) is 3.05. The van der Waals surface area contributed by atoms with E-state index in [0.717, 1.165) is 36.4 Å². The smallest absolute Gasteiger partial charge is 0.125 e. The molecule has 0 spiro atoms. The molecule has 1 aliphatic carbocycles. The van der Waals surface area contributed by atoms with Crippen LogP contribution in [0.1, 0.15) is 56.3 Å². The van der Waals surface area contributed by atoms with Gasteiger partial charge in [0.05, 0.1) is 15.7 Å². The summed E-state index contributed by atoms with van der Waals surface area (Å²) in [4.78, 5) is 20.0. The van der Waals surface area contributed by atoms with E-state index in [9.17, 15) is 0 Å². The first-order valence-corrected chi connectivity index (χ1v) is 10.6. The number of rotatable bonds is 7. The van der Waals surface area contributed by atoms with E-state index in [0.29, 0.717) is 34.7 Å². The van der Waals surface area contributed by atoms with Gasteiger partial charge in [-0.15, -0.1) is 0 Å². The number of halogens is 2. The Morgan fingerprint density at radius 1 is 1.17 bits per heavy atom. The first-order chi connectivity index (χ1) is 14.2. The van der Waals surface area contributed by atoms with Gasteiger partial charge in [0.15, 0.2) is 0 Å². The average molecular weight is 449 g/mol. The number of oxime groups is 2. The van der Waals surface area contributed by atoms with Crippen LogP contribution >= 0.6 is 23.2 Å². The summed E-state index contributed by atoms with van der Waals surface area (Å²) in [5, 5.41) is 9.43. The minimum absolute atomic E-state index is 0.289. The molecule has 0 radical (unpaired) electrons. The van der Waals surface area contributed by atoms with Gasteiger partial charge in [0, 0.05) is 17.3 Å². The summed E-state index contributed by atoms with van der Waals surface area (Å²) in [5.41, 5.74) is 4.92. The van der Waals surface area contributed by atoms with Crippen LogP contribution < -0.4 is 0 Å². The zero-order valence-corrected chi connectivity index (χ0v) is 19.2. The lowest BCUT2D eigenvalue weighted by Gasteiger charge is -2.22. The molecular weight excluding hydrogens is 423 g/mol. The molecule has 3 rings (SSSR count). The van der Waals surface area contributed by atoms with Gasteiger partial charge in [-0.2, -0.15) is 0 Å². The number of pyridine rings is 2. The molecule has 0 bridgehead atoms. The molecule has 0 aromatic carbocycles. The van der Waals surface area contributed by atoms with Gasteiger partial charge in [-0.25, -0.2) is 0 Å². The monoisotopic (exact) mass is 448 g/mol. The number of hydrogen-bond acceptors (Lipinski definition) is 6. The highest BCUT2D eigenvalue weighted by atomic mass is 35.5. The lowest BCUT2D eigenvalue weighted by atomic mass is 9.94. The van der Waals surface area contributed by atoms with E-state index in [-0.39, 0.29) is 5.41 Å². The molecule has 0 N–H and O–H groups in total. The predicted molar refractivity (Wildman–Crippen MR) is 121 cm³/mol. The Morgan fingerprint density at radius 2 is 1.93 bits per heavy atom. The van der Waals surface area contributed by atoms with Gasteiger partial charge in [0.25, 0.3) is 0 Å². The number of fused-ring (bicyclic) bond motifs is 1. The summed E-state index contributed by atoms with van der Waals surface area (Å²) < 4.78 is 0. The molecule has 2 aromatic heterocycles. The maximum Gasteiger partial charge on any atom is 0.125 e. The SMILES string of the molecule is C/C(=N\OCC(C)(C)CO/N=C1\CCCc2ccc(C)nc21)c1ncc(Cl)cc1Cl. The summed E-state index contributed by atoms with van der Waals surface area (Å²) >= 11 is 12.0. The van der Waals surface area contributed by atoms with Gasteiger partial charge < -0.3 is 9.68 Å². The highest BCUT2D eigenvalue weighted by Crippen LogP contribution is 2.23. The van der Waals surface area contributed by atoms with Crippen molar-refractivity contribution in [1.29, 1.82) is 0 Å². The van der Waals surface area contributed by atoms with Crippen molar-refractivity contribution in [2.45, 2.75) is 47.0 Å². The van der Waals surface area contributed by atoms with Crippen molar-refractivity contribution in [1.82, 2.24) is 9.97 Å². The second-order valence-electron chi connectivity index (χ2n) is 8.22. The summed E-state index contributed by atoms with van der Waals surface area (Å²) in [6.45, 7) is 8.59. The van der Waals surface area contributed by atoms with E-state index >= 15 is 0 Å². The molecule has 0 fully saturated rings. The molecule has 0 unspecified atom stereocenters. The van der Waals surface area contributed by atoms with Gasteiger partial charge >= 0.3 is 0 Å². The largest absolute Gasteiger partial charge is 0.395 e. The van der Waals surface area contributed by atoms with E-state index in [1.807, 2.05) is 26.8 Å². The zero-order chi connectivity index (χ0) is 21.7. The van der Waals surface area contributed by atoms with Crippen molar-refractivity contribution >= 4 is 34.6 Å². The number of aryl methyl sites for hydroxylation is 2. The lowest BCUT2D eigenvalue weighted by molar-refractivity contribution is -0.000158. The van der Waals surface area contributed by atoms with Crippen molar-refractivity contribution in [2.75, 3.05) is 13.2 Å². The van der Waals surface area contributed by atoms with Gasteiger partial charge in [-0.05, 0) is 50.8 Å². The molecular formula is C22H26Cl2N4O2. The Labute approximate surface area is 187 Å². The normalized spacial score (nSPS) is 15.8. The molecule has 8 heteroatoms. The second-order valence-corrected chi connectivity index (χ2v) is 9.07. The van der Waals surface area contributed by atoms with Crippen molar-refractivity contribution in [3.8, 4) is 0 Å². The summed E-state index contributed by atoms with van der Waals surface area (Å²) in [6.07, 6.45) is 4.49. The maximum atomic E-state index is 6.16. The molecule has 0 amide bonds. The Morgan fingerprint density at radius 3 is 2.70 bits per heavy atom. The first-order valence-electron chi connectivity index (χ1n) is 9.89. The van der Waals surface area contributed by atoms with Crippen LogP contribution in [-0.4, -0.2) is 34.6 Å². The van der Waals surface area contributed by atoms with Crippen LogP contribution in [0, 0.1) is 12.3 Å². The number of hydrogen-bond donors (Lipinski definition) is 0. The van der Waals surface area contributed by atoms with Crippen LogP contribution in [0.25, 0.3) is 0 Å². The molecule has 0 saturated heterocycles. The fraction of sp³-hybridized carbons (Fsp3) is 0.455. The molecule has 6 nitrogen and oxygen atoms in total. The van der Waals surface area contributed by atoms with Gasteiger partial charge in [0.1, 0.15) is 30.3 Å². The third kappa shape index (κ3) is 5.92. The number of nitrogens with zero attached hydrogens (tertiary/aromatic N) is 4.